The number of hydrogen-bond donors (Lipinski definition) is 2. The van der Waals surface area contributed by atoms with Crippen molar-refractivity contribution < 1.29 is 14.6 Å². The summed E-state index contributed by atoms with van der Waals surface area (Å²) in [6, 6.07) is 10.5. The molecule has 0 unspecified atom stereocenters. The number of anilines is 1. The highest BCUT2D eigenvalue weighted by molar-refractivity contribution is 5.91. The minimum absolute atomic E-state index is 0.114. The summed E-state index contributed by atoms with van der Waals surface area (Å²) in [5, 5.41) is 9.11. The fourth-order valence-electron chi connectivity index (χ4n) is 1.89. The van der Waals surface area contributed by atoms with E-state index in [4.69, 9.17) is 15.6 Å². The first-order valence-electron chi connectivity index (χ1n) is 6.29. The van der Waals surface area contributed by atoms with Gasteiger partial charge in [-0.15, -0.1) is 0 Å². The molecule has 0 aromatic heterocycles. The predicted octanol–water partition coefficient (Wildman–Crippen LogP) is 3.16. The molecule has 0 spiro atoms. The van der Waals surface area contributed by atoms with Crippen LogP contribution in [0.5, 0.6) is 5.75 Å². The van der Waals surface area contributed by atoms with Gasteiger partial charge in [-0.3, -0.25) is 0 Å². The van der Waals surface area contributed by atoms with Crippen LogP contribution in [-0.2, 0) is 6.61 Å². The van der Waals surface area contributed by atoms with Crippen LogP contribution in [0.4, 0.5) is 5.69 Å². The van der Waals surface area contributed by atoms with E-state index in [2.05, 4.69) is 0 Å². The lowest BCUT2D eigenvalue weighted by molar-refractivity contribution is 0.0692. The van der Waals surface area contributed by atoms with Crippen molar-refractivity contribution >= 4 is 11.7 Å². The van der Waals surface area contributed by atoms with Gasteiger partial charge in [-0.25, -0.2) is 4.79 Å². The molecule has 0 aliphatic rings. The minimum atomic E-state index is -1.03. The molecular weight excluding hydrogens is 254 g/mol. The van der Waals surface area contributed by atoms with Gasteiger partial charge in [-0.2, -0.15) is 0 Å². The van der Waals surface area contributed by atoms with Crippen molar-refractivity contribution in [3.05, 3.63) is 58.7 Å². The Morgan fingerprint density at radius 1 is 1.15 bits per heavy atom. The zero-order valence-corrected chi connectivity index (χ0v) is 11.5. The van der Waals surface area contributed by atoms with E-state index in [9.17, 15) is 4.79 Å². The molecule has 0 bridgehead atoms. The first kappa shape index (κ1) is 13.9. The maximum absolute atomic E-state index is 11.1. The monoisotopic (exact) mass is 271 g/mol. The third kappa shape index (κ3) is 3.09. The van der Waals surface area contributed by atoms with Crippen LogP contribution in [0.25, 0.3) is 0 Å². The number of hydrogen-bond acceptors (Lipinski definition) is 3. The lowest BCUT2D eigenvalue weighted by Gasteiger charge is -2.11. The molecule has 0 heterocycles. The number of carbonyl (C=O) groups is 1. The van der Waals surface area contributed by atoms with E-state index in [1.165, 1.54) is 23.3 Å². The molecule has 0 atom stereocenters. The number of carboxylic acids is 1. The molecule has 0 aliphatic carbocycles. The summed E-state index contributed by atoms with van der Waals surface area (Å²) in [4.78, 5) is 11.1. The van der Waals surface area contributed by atoms with Gasteiger partial charge in [0.2, 0.25) is 0 Å². The molecule has 104 valence electrons. The lowest BCUT2D eigenvalue weighted by atomic mass is 10.1. The van der Waals surface area contributed by atoms with E-state index >= 15 is 0 Å². The summed E-state index contributed by atoms with van der Waals surface area (Å²) in [7, 11) is 0. The Bertz CT molecular complexity index is 650. The molecule has 0 fully saturated rings. The summed E-state index contributed by atoms with van der Waals surface area (Å²) in [5.41, 5.74) is 9.64. The van der Waals surface area contributed by atoms with Crippen LogP contribution < -0.4 is 10.5 Å². The molecule has 0 saturated carbocycles. The van der Waals surface area contributed by atoms with Crippen molar-refractivity contribution in [2.24, 2.45) is 0 Å². The molecule has 0 radical (unpaired) electrons. The summed E-state index contributed by atoms with van der Waals surface area (Å²) in [6.07, 6.45) is 0. The van der Waals surface area contributed by atoms with Crippen molar-refractivity contribution in [1.82, 2.24) is 0 Å². The van der Waals surface area contributed by atoms with Gasteiger partial charge in [0.05, 0.1) is 0 Å². The number of nitrogen functional groups attached to an aromatic ring is 1. The third-order valence-electron chi connectivity index (χ3n) is 3.20. The predicted molar refractivity (Wildman–Crippen MR) is 78.1 cm³/mol. The highest BCUT2D eigenvalue weighted by atomic mass is 16.5. The number of benzene rings is 2. The molecule has 3 N–H and O–H groups in total. The minimum Gasteiger partial charge on any atom is -0.488 e. The van der Waals surface area contributed by atoms with Crippen LogP contribution in [-0.4, -0.2) is 11.1 Å². The van der Waals surface area contributed by atoms with Crippen molar-refractivity contribution in [3.63, 3.8) is 0 Å². The molecule has 0 aliphatic heterocycles. The van der Waals surface area contributed by atoms with Gasteiger partial charge in [0.25, 0.3) is 0 Å². The third-order valence-corrected chi connectivity index (χ3v) is 3.20. The van der Waals surface area contributed by atoms with Crippen LogP contribution in [0, 0.1) is 13.8 Å². The Balaban J connectivity index is 2.20. The molecule has 2 aromatic carbocycles. The molecular formula is C16H17NO3. The van der Waals surface area contributed by atoms with Gasteiger partial charge in [0, 0.05) is 11.8 Å². The average molecular weight is 271 g/mol. The van der Waals surface area contributed by atoms with E-state index in [-0.39, 0.29) is 11.3 Å². The highest BCUT2D eigenvalue weighted by Crippen LogP contribution is 2.23. The Hall–Kier alpha value is -2.49. The van der Waals surface area contributed by atoms with Gasteiger partial charge >= 0.3 is 5.97 Å². The largest absolute Gasteiger partial charge is 0.488 e. The maximum atomic E-state index is 11.1. The van der Waals surface area contributed by atoms with E-state index in [0.717, 1.165) is 5.56 Å². The van der Waals surface area contributed by atoms with Gasteiger partial charge in [-0.05, 0) is 42.7 Å². The number of rotatable bonds is 4. The second kappa shape index (κ2) is 5.65. The fourth-order valence-corrected chi connectivity index (χ4v) is 1.89. The average Bonchev–Trinajstić information content (AvgIpc) is 2.40. The molecule has 4 nitrogen and oxygen atoms in total. The van der Waals surface area contributed by atoms with Crippen molar-refractivity contribution in [3.8, 4) is 5.75 Å². The van der Waals surface area contributed by atoms with E-state index in [1.54, 1.807) is 6.07 Å². The summed E-state index contributed by atoms with van der Waals surface area (Å²) >= 11 is 0. The summed E-state index contributed by atoms with van der Waals surface area (Å²) < 4.78 is 5.60. The Morgan fingerprint density at radius 2 is 1.90 bits per heavy atom. The Kier molecular flexibility index (Phi) is 3.94. The van der Waals surface area contributed by atoms with Crippen molar-refractivity contribution in [2.45, 2.75) is 20.5 Å². The number of nitrogens with two attached hydrogens (primary N) is 1. The highest BCUT2D eigenvalue weighted by Gasteiger charge is 2.11. The Morgan fingerprint density at radius 3 is 2.55 bits per heavy atom. The number of aromatic carboxylic acids is 1. The number of carboxylic acid groups (broad SMARTS) is 1. The van der Waals surface area contributed by atoms with Crippen molar-refractivity contribution in [2.75, 3.05) is 5.73 Å². The van der Waals surface area contributed by atoms with E-state index in [0.29, 0.717) is 12.3 Å². The molecule has 0 amide bonds. The van der Waals surface area contributed by atoms with Crippen LogP contribution in [0.15, 0.2) is 36.4 Å². The van der Waals surface area contributed by atoms with Crippen LogP contribution in [0.3, 0.4) is 0 Å². The van der Waals surface area contributed by atoms with E-state index in [1.807, 2.05) is 32.0 Å². The topological polar surface area (TPSA) is 72.5 Å². The fraction of sp³-hybridized carbons (Fsp3) is 0.188. The van der Waals surface area contributed by atoms with E-state index < -0.39 is 5.97 Å². The molecule has 2 aromatic rings. The van der Waals surface area contributed by atoms with Gasteiger partial charge < -0.3 is 15.6 Å². The number of ether oxygens (including phenoxy) is 1. The lowest BCUT2D eigenvalue weighted by Crippen LogP contribution is -2.04. The summed E-state index contributed by atoms with van der Waals surface area (Å²) in [5.74, 6) is -0.740. The normalized spacial score (nSPS) is 10.3. The van der Waals surface area contributed by atoms with Crippen LogP contribution in [0.2, 0.25) is 0 Å². The standard InChI is InChI=1S/C16H17NO3/c1-10-3-4-12(7-11(10)2)9-20-15-8-13(17)5-6-14(15)16(18)19/h3-8H,9,17H2,1-2H3,(H,18,19). The second-order valence-electron chi connectivity index (χ2n) is 4.77. The first-order valence-corrected chi connectivity index (χ1v) is 6.29. The molecule has 20 heavy (non-hydrogen) atoms. The molecule has 4 heteroatoms. The summed E-state index contributed by atoms with van der Waals surface area (Å²) in [6.45, 7) is 4.38. The van der Waals surface area contributed by atoms with Gasteiger partial charge in [0.15, 0.2) is 0 Å². The zero-order valence-electron chi connectivity index (χ0n) is 11.5. The first-order chi connectivity index (χ1) is 9.47. The molecule has 0 saturated heterocycles. The zero-order chi connectivity index (χ0) is 14.7. The van der Waals surface area contributed by atoms with Crippen LogP contribution >= 0.6 is 0 Å². The smallest absolute Gasteiger partial charge is 0.339 e. The van der Waals surface area contributed by atoms with Crippen molar-refractivity contribution in [1.29, 1.82) is 0 Å². The Labute approximate surface area is 117 Å². The quantitative estimate of drug-likeness (QED) is 0.838. The van der Waals surface area contributed by atoms with Crippen LogP contribution in [0.1, 0.15) is 27.0 Å². The second-order valence-corrected chi connectivity index (χ2v) is 4.77. The van der Waals surface area contributed by atoms with Gasteiger partial charge in [-0.1, -0.05) is 18.2 Å². The molecule has 2 rings (SSSR count). The SMILES string of the molecule is Cc1ccc(COc2cc(N)ccc2C(=O)O)cc1C. The van der Waals surface area contributed by atoms with Gasteiger partial charge in [0.1, 0.15) is 17.9 Å². The number of aryl methyl sites for hydroxylation is 2. The maximum Gasteiger partial charge on any atom is 0.339 e.